The van der Waals surface area contributed by atoms with E-state index in [1.165, 1.54) is 12.1 Å². The van der Waals surface area contributed by atoms with Crippen LogP contribution < -0.4 is 10.4 Å². The summed E-state index contributed by atoms with van der Waals surface area (Å²) in [4.78, 5) is 6.45. The Labute approximate surface area is 220 Å². The molecule has 14 heteroatoms. The van der Waals surface area contributed by atoms with Gasteiger partial charge in [0, 0.05) is 34.0 Å². The summed E-state index contributed by atoms with van der Waals surface area (Å²) in [5.74, 6) is 0. The molecular formula is C26H6F6N8. The number of pyridine rings is 2. The van der Waals surface area contributed by atoms with Gasteiger partial charge in [-0.05, 0) is 12.1 Å². The average molecular weight is 544 g/mol. The molecule has 0 atom stereocenters. The smallest absolute Gasteiger partial charge is 0.250 e. The summed E-state index contributed by atoms with van der Waals surface area (Å²) < 4.78 is 78.8. The number of alkyl halides is 6. The van der Waals surface area contributed by atoms with Crippen LogP contribution in [0, 0.1) is 68.0 Å². The first-order chi connectivity index (χ1) is 18.9. The maximum atomic E-state index is 13.1. The minimum Gasteiger partial charge on any atom is -0.250 e. The number of aromatic nitrogens is 2. The summed E-state index contributed by atoms with van der Waals surface area (Å²) in [5.41, 5.74) is -7.23. The molecule has 0 radical (unpaired) electrons. The molecule has 192 valence electrons. The Morgan fingerprint density at radius 2 is 0.925 bits per heavy atom. The van der Waals surface area contributed by atoms with E-state index in [-0.39, 0.29) is 21.6 Å². The van der Waals surface area contributed by atoms with Crippen molar-refractivity contribution in [1.29, 1.82) is 31.6 Å². The monoisotopic (exact) mass is 544 g/mol. The van der Waals surface area contributed by atoms with Gasteiger partial charge in [0.2, 0.25) is 0 Å². The lowest BCUT2D eigenvalue weighted by atomic mass is 9.94. The molecule has 0 aliphatic carbocycles. The molecule has 40 heavy (non-hydrogen) atoms. The van der Waals surface area contributed by atoms with Crippen molar-refractivity contribution in [2.24, 2.45) is 0 Å². The van der Waals surface area contributed by atoms with Crippen molar-refractivity contribution >= 4 is 11.1 Å². The summed E-state index contributed by atoms with van der Waals surface area (Å²) >= 11 is 0. The van der Waals surface area contributed by atoms with E-state index in [0.29, 0.717) is 12.4 Å². The second kappa shape index (κ2) is 10.6. The SMILES string of the molecule is N#C/C(c1cnc(C(F)(F)F)c(C#N)c1)=c1/cc/c(=C(\C#N)c2cnc(C(F)(F)F)c(C#N)c2)c(C#N)c1C#N. The molecule has 0 amide bonds. The van der Waals surface area contributed by atoms with E-state index >= 15 is 0 Å². The highest BCUT2D eigenvalue weighted by Gasteiger charge is 2.36. The maximum Gasteiger partial charge on any atom is 0.434 e. The van der Waals surface area contributed by atoms with Gasteiger partial charge < -0.3 is 0 Å². The average Bonchev–Trinajstić information content (AvgIpc) is 2.92. The first kappa shape index (κ1) is 28.4. The first-order valence-corrected chi connectivity index (χ1v) is 10.3. The number of benzene rings is 1. The number of rotatable bonds is 2. The van der Waals surface area contributed by atoms with Crippen molar-refractivity contribution in [3.8, 4) is 36.4 Å². The fourth-order valence-electron chi connectivity index (χ4n) is 3.64. The van der Waals surface area contributed by atoms with Gasteiger partial charge in [-0.2, -0.15) is 57.9 Å². The lowest BCUT2D eigenvalue weighted by Gasteiger charge is -2.10. The third-order valence-corrected chi connectivity index (χ3v) is 5.32. The van der Waals surface area contributed by atoms with Crippen molar-refractivity contribution < 1.29 is 26.3 Å². The molecule has 3 rings (SSSR count). The predicted molar refractivity (Wildman–Crippen MR) is 119 cm³/mol. The highest BCUT2D eigenvalue weighted by Crippen LogP contribution is 2.32. The van der Waals surface area contributed by atoms with Crippen LogP contribution in [0.4, 0.5) is 26.3 Å². The van der Waals surface area contributed by atoms with Gasteiger partial charge in [0.25, 0.3) is 0 Å². The second-order valence-corrected chi connectivity index (χ2v) is 7.57. The molecular weight excluding hydrogens is 538 g/mol. The largest absolute Gasteiger partial charge is 0.434 e. The highest BCUT2D eigenvalue weighted by molar-refractivity contribution is 5.81. The number of nitrogens with zero attached hydrogens (tertiary/aromatic N) is 8. The molecule has 0 fully saturated rings. The lowest BCUT2D eigenvalue weighted by Crippen LogP contribution is -2.23. The van der Waals surface area contributed by atoms with Gasteiger partial charge in [-0.3, -0.25) is 0 Å². The topological polar surface area (TPSA) is 169 Å². The van der Waals surface area contributed by atoms with Crippen LogP contribution in [0.3, 0.4) is 0 Å². The first-order valence-electron chi connectivity index (χ1n) is 10.3. The van der Waals surface area contributed by atoms with E-state index in [9.17, 15) is 47.4 Å². The number of nitriles is 6. The normalized spacial score (nSPS) is 12.4. The molecule has 3 aromatic rings. The van der Waals surface area contributed by atoms with Crippen molar-refractivity contribution in [1.82, 2.24) is 9.97 Å². The molecule has 0 spiro atoms. The Kier molecular flexibility index (Phi) is 7.54. The number of hydrogen-bond donors (Lipinski definition) is 0. The quantitative estimate of drug-likeness (QED) is 0.442. The van der Waals surface area contributed by atoms with E-state index in [0.717, 1.165) is 24.3 Å². The third-order valence-electron chi connectivity index (χ3n) is 5.32. The van der Waals surface area contributed by atoms with Crippen molar-refractivity contribution in [2.75, 3.05) is 0 Å². The van der Waals surface area contributed by atoms with Gasteiger partial charge in [0.05, 0.1) is 33.4 Å². The second-order valence-electron chi connectivity index (χ2n) is 7.57. The Hall–Kier alpha value is -6.22. The van der Waals surface area contributed by atoms with Gasteiger partial charge in [-0.15, -0.1) is 0 Å². The molecule has 0 aliphatic heterocycles. The molecule has 0 saturated carbocycles. The van der Waals surface area contributed by atoms with Crippen LogP contribution in [0.2, 0.25) is 0 Å². The van der Waals surface area contributed by atoms with E-state index in [1.54, 1.807) is 24.3 Å². The summed E-state index contributed by atoms with van der Waals surface area (Å²) in [6.07, 6.45) is -8.61. The summed E-state index contributed by atoms with van der Waals surface area (Å²) in [7, 11) is 0. The van der Waals surface area contributed by atoms with E-state index < -0.39 is 57.1 Å². The Balaban J connectivity index is 2.44. The van der Waals surface area contributed by atoms with Gasteiger partial charge in [0.1, 0.15) is 36.4 Å². The summed E-state index contributed by atoms with van der Waals surface area (Å²) in [6.45, 7) is 0. The molecule has 8 nitrogen and oxygen atoms in total. The molecule has 1 aromatic carbocycles. The van der Waals surface area contributed by atoms with Crippen molar-refractivity contribution in [3.63, 3.8) is 0 Å². The summed E-state index contributed by atoms with van der Waals surface area (Å²) in [6, 6.07) is 13.1. The minimum atomic E-state index is -4.97. The minimum absolute atomic E-state index is 0.253. The molecule has 0 bridgehead atoms. The molecule has 2 aromatic heterocycles. The zero-order valence-corrected chi connectivity index (χ0v) is 19.3. The third kappa shape index (κ3) is 5.11. The van der Waals surface area contributed by atoms with Crippen LogP contribution in [0.25, 0.3) is 11.1 Å². The van der Waals surface area contributed by atoms with Crippen LogP contribution in [0.5, 0.6) is 0 Å². The van der Waals surface area contributed by atoms with Gasteiger partial charge >= 0.3 is 12.4 Å². The molecule has 2 heterocycles. The zero-order valence-electron chi connectivity index (χ0n) is 19.3. The van der Waals surface area contributed by atoms with E-state index in [2.05, 4.69) is 9.97 Å². The Morgan fingerprint density at radius 1 is 0.575 bits per heavy atom. The number of hydrogen-bond acceptors (Lipinski definition) is 8. The Bertz CT molecular complexity index is 1810. The lowest BCUT2D eigenvalue weighted by molar-refractivity contribution is -0.142. The van der Waals surface area contributed by atoms with Crippen LogP contribution in [-0.4, -0.2) is 9.97 Å². The molecule has 0 N–H and O–H groups in total. The summed E-state index contributed by atoms with van der Waals surface area (Å²) in [5, 5.41) is 56.9. The standard InChI is InChI=1S/C26H6F6N8/c27-25(28,29)23-13(5-33)3-15(11-39-23)19(7-35)17-1-2-18(22(10-38)21(17)9-37)20(8-36)16-4-14(6-34)24(40-12-16)26(30,31)32/h1-4,11-12H/b19-17-,20-18+. The Morgan fingerprint density at radius 3 is 1.18 bits per heavy atom. The highest BCUT2D eigenvalue weighted by atomic mass is 19.4. The van der Waals surface area contributed by atoms with Crippen LogP contribution >= 0.6 is 0 Å². The van der Waals surface area contributed by atoms with E-state index in [4.69, 9.17) is 10.5 Å². The van der Waals surface area contributed by atoms with Crippen molar-refractivity contribution in [3.05, 3.63) is 91.9 Å². The predicted octanol–water partition coefficient (Wildman–Crippen LogP) is 3.45. The van der Waals surface area contributed by atoms with Gasteiger partial charge in [-0.25, -0.2) is 9.97 Å². The van der Waals surface area contributed by atoms with Crippen molar-refractivity contribution in [2.45, 2.75) is 12.4 Å². The molecule has 0 unspecified atom stereocenters. The fraction of sp³-hybridized carbons (Fsp3) is 0.0769. The zero-order chi connectivity index (χ0) is 29.8. The molecule has 0 aliphatic rings. The fourth-order valence-corrected chi connectivity index (χ4v) is 3.64. The number of halogens is 6. The van der Waals surface area contributed by atoms with Gasteiger partial charge in [0.15, 0.2) is 11.4 Å². The molecule has 0 saturated heterocycles. The van der Waals surface area contributed by atoms with E-state index in [1.807, 2.05) is 0 Å². The maximum absolute atomic E-state index is 13.1. The van der Waals surface area contributed by atoms with Crippen LogP contribution in [0.15, 0.2) is 36.7 Å². The van der Waals surface area contributed by atoms with Gasteiger partial charge in [-0.1, -0.05) is 12.1 Å². The van der Waals surface area contributed by atoms with Crippen LogP contribution in [-0.2, 0) is 12.4 Å². The van der Waals surface area contributed by atoms with Crippen LogP contribution in [0.1, 0.15) is 44.8 Å².